The molecule has 0 spiro atoms. The summed E-state index contributed by atoms with van der Waals surface area (Å²) in [7, 11) is 0. The van der Waals surface area contributed by atoms with Crippen LogP contribution in [0.25, 0.3) is 0 Å². The van der Waals surface area contributed by atoms with Gasteiger partial charge in [-0.15, -0.1) is 0 Å². The molecular weight excluding hydrogens is 304 g/mol. The number of nitrogens with one attached hydrogen (secondary N) is 2. The molecule has 1 aliphatic rings. The van der Waals surface area contributed by atoms with Crippen LogP contribution in [0.3, 0.4) is 0 Å². The first-order valence-electron chi connectivity index (χ1n) is 5.60. The number of carbonyl (C=O) groups is 1. The lowest BCUT2D eigenvalue weighted by molar-refractivity contribution is -0.384. The Labute approximate surface area is 125 Å². The van der Waals surface area contributed by atoms with Crippen LogP contribution >= 0.6 is 11.8 Å². The zero-order valence-electron chi connectivity index (χ0n) is 10.3. The fourth-order valence-corrected chi connectivity index (χ4v) is 2.23. The first kappa shape index (κ1) is 16.3. The summed E-state index contributed by atoms with van der Waals surface area (Å²) < 4.78 is 0. The molecule has 0 bridgehead atoms. The number of aliphatic imine (C=N–C) groups is 1. The SMILES string of the molecule is O=C(CSC1=NCCN1)Nc1cccc([N+](=O)[O-])c1.[Cl-]. The van der Waals surface area contributed by atoms with Gasteiger partial charge in [0.1, 0.15) is 0 Å². The van der Waals surface area contributed by atoms with Crippen molar-refractivity contribution in [2.45, 2.75) is 0 Å². The molecule has 0 radical (unpaired) electrons. The van der Waals surface area contributed by atoms with Crippen LogP contribution in [0, 0.1) is 10.1 Å². The number of hydrogen-bond acceptors (Lipinski definition) is 6. The second-order valence-electron chi connectivity index (χ2n) is 3.76. The number of hydrogen-bond donors (Lipinski definition) is 2. The van der Waals surface area contributed by atoms with Gasteiger partial charge in [-0.1, -0.05) is 17.8 Å². The van der Waals surface area contributed by atoms with Gasteiger partial charge in [-0.2, -0.15) is 0 Å². The summed E-state index contributed by atoms with van der Waals surface area (Å²) in [4.78, 5) is 25.9. The third-order valence-corrected chi connectivity index (χ3v) is 3.28. The van der Waals surface area contributed by atoms with Crippen LogP contribution in [-0.4, -0.2) is 34.8 Å². The Morgan fingerprint density at radius 2 is 2.35 bits per heavy atom. The molecule has 20 heavy (non-hydrogen) atoms. The van der Waals surface area contributed by atoms with Gasteiger partial charge in [0, 0.05) is 24.4 Å². The molecular formula is C11H12ClN4O3S-. The summed E-state index contributed by atoms with van der Waals surface area (Å²) in [5.41, 5.74) is 0.369. The number of non-ortho nitro benzene ring substituents is 1. The van der Waals surface area contributed by atoms with Gasteiger partial charge >= 0.3 is 0 Å². The number of amides is 1. The molecule has 1 aromatic rings. The minimum absolute atomic E-state index is 0. The Balaban J connectivity index is 0.00000200. The molecule has 0 aromatic heterocycles. The molecule has 108 valence electrons. The number of nitro benzene ring substituents is 1. The van der Waals surface area contributed by atoms with Crippen molar-refractivity contribution in [2.24, 2.45) is 4.99 Å². The molecule has 2 rings (SSSR count). The predicted octanol–water partition coefficient (Wildman–Crippen LogP) is -1.77. The highest BCUT2D eigenvalue weighted by molar-refractivity contribution is 8.14. The molecule has 0 atom stereocenters. The van der Waals surface area contributed by atoms with Crippen molar-refractivity contribution in [1.29, 1.82) is 0 Å². The van der Waals surface area contributed by atoms with Crippen molar-refractivity contribution in [3.05, 3.63) is 34.4 Å². The number of rotatable bonds is 4. The van der Waals surface area contributed by atoms with Crippen molar-refractivity contribution in [2.75, 3.05) is 24.2 Å². The van der Waals surface area contributed by atoms with Gasteiger partial charge in [-0.05, 0) is 6.07 Å². The molecule has 7 nitrogen and oxygen atoms in total. The van der Waals surface area contributed by atoms with Gasteiger partial charge in [0.15, 0.2) is 5.17 Å². The Bertz CT molecular complexity index is 538. The third-order valence-electron chi connectivity index (χ3n) is 2.32. The largest absolute Gasteiger partial charge is 1.00 e. The smallest absolute Gasteiger partial charge is 0.271 e. The number of halogens is 1. The van der Waals surface area contributed by atoms with Crippen LogP contribution in [0.1, 0.15) is 0 Å². The number of nitro groups is 1. The van der Waals surface area contributed by atoms with Crippen molar-refractivity contribution in [1.82, 2.24) is 5.32 Å². The number of amidine groups is 1. The molecule has 0 fully saturated rings. The fraction of sp³-hybridized carbons (Fsp3) is 0.273. The highest BCUT2D eigenvalue weighted by Crippen LogP contribution is 2.17. The van der Waals surface area contributed by atoms with E-state index in [0.29, 0.717) is 5.69 Å². The number of nitrogens with zero attached hydrogens (tertiary/aromatic N) is 2. The minimum atomic E-state index is -0.498. The number of anilines is 1. The van der Waals surface area contributed by atoms with Crippen LogP contribution in [-0.2, 0) is 4.79 Å². The summed E-state index contributed by atoms with van der Waals surface area (Å²) in [6.07, 6.45) is 0. The lowest BCUT2D eigenvalue weighted by Crippen LogP contribution is -3.00. The first-order valence-corrected chi connectivity index (χ1v) is 6.59. The van der Waals surface area contributed by atoms with Crippen LogP contribution in [0.2, 0.25) is 0 Å². The van der Waals surface area contributed by atoms with Crippen molar-refractivity contribution in [3.8, 4) is 0 Å². The normalized spacial score (nSPS) is 12.9. The van der Waals surface area contributed by atoms with Crippen LogP contribution < -0.4 is 23.0 Å². The number of benzene rings is 1. The average molecular weight is 316 g/mol. The van der Waals surface area contributed by atoms with E-state index in [-0.39, 0.29) is 29.8 Å². The maximum Gasteiger partial charge on any atom is 0.271 e. The lowest BCUT2D eigenvalue weighted by Gasteiger charge is -2.05. The van der Waals surface area contributed by atoms with Crippen molar-refractivity contribution in [3.63, 3.8) is 0 Å². The van der Waals surface area contributed by atoms with E-state index in [1.165, 1.54) is 30.0 Å². The van der Waals surface area contributed by atoms with Crippen LogP contribution in [0.5, 0.6) is 0 Å². The average Bonchev–Trinajstić information content (AvgIpc) is 2.90. The summed E-state index contributed by atoms with van der Waals surface area (Å²) >= 11 is 1.31. The predicted molar refractivity (Wildman–Crippen MR) is 74.5 cm³/mol. The maximum atomic E-state index is 11.7. The first-order chi connectivity index (χ1) is 9.15. The zero-order valence-corrected chi connectivity index (χ0v) is 11.9. The molecule has 9 heteroatoms. The van der Waals surface area contributed by atoms with Gasteiger partial charge < -0.3 is 23.0 Å². The fourth-order valence-electron chi connectivity index (χ4n) is 1.50. The molecule has 0 saturated heterocycles. The topological polar surface area (TPSA) is 96.6 Å². The van der Waals surface area contributed by atoms with E-state index in [2.05, 4.69) is 15.6 Å². The van der Waals surface area contributed by atoms with E-state index in [4.69, 9.17) is 0 Å². The molecule has 0 aliphatic carbocycles. The molecule has 0 saturated carbocycles. The second-order valence-corrected chi connectivity index (χ2v) is 4.72. The Kier molecular flexibility index (Phi) is 6.26. The molecule has 1 aliphatic heterocycles. The van der Waals surface area contributed by atoms with Gasteiger partial charge in [-0.3, -0.25) is 19.9 Å². The standard InChI is InChI=1S/C11H12N4O3S.ClH/c16-10(7-19-11-12-4-5-13-11)14-8-2-1-3-9(6-8)15(17)18;/h1-3,6H,4-5,7H2,(H,12,13)(H,14,16);1H/p-1. The summed E-state index contributed by atoms with van der Waals surface area (Å²) in [6.45, 7) is 1.53. The molecule has 0 unspecified atom stereocenters. The van der Waals surface area contributed by atoms with Crippen molar-refractivity contribution >= 4 is 34.2 Å². The molecule has 1 amide bonds. The number of carbonyl (C=O) groups excluding carboxylic acids is 1. The van der Waals surface area contributed by atoms with Gasteiger partial charge in [0.2, 0.25) is 5.91 Å². The lowest BCUT2D eigenvalue weighted by atomic mass is 10.3. The van der Waals surface area contributed by atoms with Crippen molar-refractivity contribution < 1.29 is 22.1 Å². The van der Waals surface area contributed by atoms with E-state index in [1.807, 2.05) is 0 Å². The summed E-state index contributed by atoms with van der Waals surface area (Å²) in [6, 6.07) is 5.85. The Morgan fingerprint density at radius 1 is 1.55 bits per heavy atom. The minimum Gasteiger partial charge on any atom is -1.00 e. The van der Waals surface area contributed by atoms with Crippen LogP contribution in [0.15, 0.2) is 29.3 Å². The third kappa shape index (κ3) is 4.71. The highest BCUT2D eigenvalue weighted by atomic mass is 35.5. The van der Waals surface area contributed by atoms with E-state index < -0.39 is 4.92 Å². The van der Waals surface area contributed by atoms with Gasteiger partial charge in [0.05, 0.1) is 17.2 Å². The van der Waals surface area contributed by atoms with Gasteiger partial charge in [0.25, 0.3) is 5.69 Å². The van der Waals surface area contributed by atoms with E-state index in [1.54, 1.807) is 6.07 Å². The molecule has 1 aromatic carbocycles. The Hall–Kier alpha value is -1.80. The molecule has 1 heterocycles. The summed E-state index contributed by atoms with van der Waals surface area (Å²) in [5, 5.41) is 17.0. The Morgan fingerprint density at radius 3 is 3.00 bits per heavy atom. The second kappa shape index (κ2) is 7.71. The van der Waals surface area contributed by atoms with Gasteiger partial charge in [-0.25, -0.2) is 0 Å². The van der Waals surface area contributed by atoms with E-state index in [9.17, 15) is 14.9 Å². The maximum absolute atomic E-state index is 11.7. The monoisotopic (exact) mass is 315 g/mol. The highest BCUT2D eigenvalue weighted by Gasteiger charge is 2.11. The zero-order chi connectivity index (χ0) is 13.7. The quantitative estimate of drug-likeness (QED) is 0.506. The van der Waals surface area contributed by atoms with E-state index >= 15 is 0 Å². The van der Waals surface area contributed by atoms with E-state index in [0.717, 1.165) is 18.3 Å². The number of thioether (sulfide) groups is 1. The molecule has 2 N–H and O–H groups in total. The summed E-state index contributed by atoms with van der Waals surface area (Å²) in [5.74, 6) is -0.00367. The van der Waals surface area contributed by atoms with Crippen LogP contribution in [0.4, 0.5) is 11.4 Å².